The van der Waals surface area contributed by atoms with Crippen molar-refractivity contribution in [1.29, 1.82) is 0 Å². The molecule has 0 aromatic rings. The molecule has 0 amide bonds. The zero-order chi connectivity index (χ0) is 18.0. The fraction of sp³-hybridized carbons (Fsp3) is 0.929. The number of esters is 1. The molecule has 2 saturated heterocycles. The lowest BCUT2D eigenvalue weighted by Gasteiger charge is -2.41. The van der Waals surface area contributed by atoms with Gasteiger partial charge in [-0.15, -0.1) is 0 Å². The van der Waals surface area contributed by atoms with Gasteiger partial charge < -0.3 is 44.5 Å². The minimum atomic E-state index is -1.48. The number of hydrogen-bond acceptors (Lipinski definition) is 10. The molecule has 2 heterocycles. The van der Waals surface area contributed by atoms with Crippen LogP contribution in [-0.2, 0) is 23.7 Å². The van der Waals surface area contributed by atoms with Crippen LogP contribution in [0.1, 0.15) is 13.8 Å². The van der Waals surface area contributed by atoms with Gasteiger partial charge >= 0.3 is 5.97 Å². The molecule has 2 rings (SSSR count). The topological polar surface area (TPSA) is 155 Å². The Hall–Kier alpha value is -0.850. The highest BCUT2D eigenvalue weighted by Gasteiger charge is 2.44. The van der Waals surface area contributed by atoms with Gasteiger partial charge in [-0.1, -0.05) is 0 Å². The highest BCUT2D eigenvalue weighted by Crippen LogP contribution is 2.24. The highest BCUT2D eigenvalue weighted by atomic mass is 16.7. The van der Waals surface area contributed by atoms with Crippen molar-refractivity contribution in [3.63, 3.8) is 0 Å². The number of aliphatic hydroxyl groups excluding tert-OH is 5. The van der Waals surface area contributed by atoms with E-state index in [1.807, 2.05) is 0 Å². The Kier molecular flexibility index (Phi) is 6.51. The molecule has 0 unspecified atom stereocenters. The van der Waals surface area contributed by atoms with Gasteiger partial charge in [0, 0.05) is 6.92 Å². The molecule has 2 aliphatic heterocycles. The Labute approximate surface area is 138 Å². The third-order valence-corrected chi connectivity index (χ3v) is 4.14. The van der Waals surface area contributed by atoms with Crippen LogP contribution in [-0.4, -0.2) is 99.8 Å². The summed E-state index contributed by atoms with van der Waals surface area (Å²) < 4.78 is 20.7. The van der Waals surface area contributed by atoms with E-state index in [2.05, 4.69) is 0 Å². The van der Waals surface area contributed by atoms with Crippen LogP contribution in [0.25, 0.3) is 0 Å². The maximum atomic E-state index is 10.9. The first-order valence-corrected chi connectivity index (χ1v) is 7.68. The molecule has 0 aromatic heterocycles. The second kappa shape index (κ2) is 8.02. The van der Waals surface area contributed by atoms with Crippen LogP contribution in [0.4, 0.5) is 0 Å². The molecule has 9 atom stereocenters. The minimum Gasteiger partial charge on any atom is -0.457 e. The molecule has 0 saturated carbocycles. The van der Waals surface area contributed by atoms with Gasteiger partial charge in [-0.25, -0.2) is 0 Å². The first-order valence-electron chi connectivity index (χ1n) is 7.68. The number of ether oxygens (including phenoxy) is 4. The van der Waals surface area contributed by atoms with E-state index in [1.165, 1.54) is 13.8 Å². The first-order chi connectivity index (χ1) is 11.2. The Balaban J connectivity index is 1.87. The Morgan fingerprint density at radius 2 is 1.71 bits per heavy atom. The normalized spacial score (nSPS) is 46.5. The molecule has 10 nitrogen and oxygen atoms in total. The Bertz CT molecular complexity index is 432. The summed E-state index contributed by atoms with van der Waals surface area (Å²) >= 11 is 0. The quantitative estimate of drug-likeness (QED) is 0.328. The molecule has 10 heteroatoms. The maximum Gasteiger partial charge on any atom is 0.303 e. The zero-order valence-electron chi connectivity index (χ0n) is 13.4. The lowest BCUT2D eigenvalue weighted by Crippen LogP contribution is -2.59. The summed E-state index contributed by atoms with van der Waals surface area (Å²) in [7, 11) is 0. The summed E-state index contributed by atoms with van der Waals surface area (Å²) in [5.41, 5.74) is 0. The van der Waals surface area contributed by atoms with Crippen molar-refractivity contribution >= 4 is 5.97 Å². The molecule has 2 aliphatic rings. The van der Waals surface area contributed by atoms with E-state index in [1.54, 1.807) is 0 Å². The second-order valence-corrected chi connectivity index (χ2v) is 6.02. The molecule has 2 fully saturated rings. The van der Waals surface area contributed by atoms with Crippen molar-refractivity contribution in [2.24, 2.45) is 0 Å². The summed E-state index contributed by atoms with van der Waals surface area (Å²) in [5, 5.41) is 49.1. The van der Waals surface area contributed by atoms with E-state index in [4.69, 9.17) is 18.9 Å². The number of carbonyl (C=O) groups excluding carboxylic acids is 1. The number of rotatable bonds is 4. The summed E-state index contributed by atoms with van der Waals surface area (Å²) in [6, 6.07) is 0. The van der Waals surface area contributed by atoms with Crippen molar-refractivity contribution < 1.29 is 49.3 Å². The molecular weight excluding hydrogens is 328 g/mol. The van der Waals surface area contributed by atoms with Crippen LogP contribution >= 0.6 is 0 Å². The van der Waals surface area contributed by atoms with Crippen LogP contribution < -0.4 is 0 Å². The molecule has 0 aliphatic carbocycles. The van der Waals surface area contributed by atoms with Crippen molar-refractivity contribution in [1.82, 2.24) is 0 Å². The van der Waals surface area contributed by atoms with Gasteiger partial charge in [0.05, 0.1) is 19.3 Å². The molecule has 0 bridgehead atoms. The molecule has 5 N–H and O–H groups in total. The van der Waals surface area contributed by atoms with Crippen molar-refractivity contribution in [2.75, 3.05) is 13.2 Å². The third kappa shape index (κ3) is 4.21. The van der Waals surface area contributed by atoms with Gasteiger partial charge in [-0.3, -0.25) is 4.79 Å². The smallest absolute Gasteiger partial charge is 0.303 e. The maximum absolute atomic E-state index is 10.9. The van der Waals surface area contributed by atoms with E-state index in [0.29, 0.717) is 0 Å². The van der Waals surface area contributed by atoms with Crippen LogP contribution in [0, 0.1) is 0 Å². The fourth-order valence-corrected chi connectivity index (χ4v) is 2.66. The van der Waals surface area contributed by atoms with E-state index in [9.17, 15) is 30.3 Å². The van der Waals surface area contributed by atoms with E-state index >= 15 is 0 Å². The van der Waals surface area contributed by atoms with Gasteiger partial charge in [0.15, 0.2) is 12.4 Å². The fourth-order valence-electron chi connectivity index (χ4n) is 2.66. The van der Waals surface area contributed by atoms with E-state index in [0.717, 1.165) is 0 Å². The van der Waals surface area contributed by atoms with Gasteiger partial charge in [0.1, 0.15) is 36.6 Å². The second-order valence-electron chi connectivity index (χ2n) is 6.02. The van der Waals surface area contributed by atoms with Gasteiger partial charge in [-0.2, -0.15) is 0 Å². The van der Waals surface area contributed by atoms with Crippen molar-refractivity contribution in [3.05, 3.63) is 0 Å². The number of aliphatic hydroxyl groups is 5. The average Bonchev–Trinajstić information content (AvgIpc) is 2.53. The van der Waals surface area contributed by atoms with E-state index < -0.39 is 61.1 Å². The Morgan fingerprint density at radius 1 is 1.04 bits per heavy atom. The SMILES string of the molecule is CC(=O)O[C@H]1CO[C@H](CO[C@@H]2O[C@H](C)[C@@H](O)[C@H](O)[C@@H]2O)[C@@H](O)[C@@H]1O. The predicted octanol–water partition coefficient (Wildman–Crippen LogP) is -3.12. The zero-order valence-corrected chi connectivity index (χ0v) is 13.4. The van der Waals surface area contributed by atoms with Crippen LogP contribution in [0.2, 0.25) is 0 Å². The minimum absolute atomic E-state index is 0.127. The van der Waals surface area contributed by atoms with Crippen molar-refractivity contribution in [3.8, 4) is 0 Å². The van der Waals surface area contributed by atoms with Crippen molar-refractivity contribution in [2.45, 2.75) is 69.0 Å². The lowest BCUT2D eigenvalue weighted by atomic mass is 9.99. The van der Waals surface area contributed by atoms with Gasteiger partial charge in [0.25, 0.3) is 0 Å². The molecule has 0 aromatic carbocycles. The molecule has 0 radical (unpaired) electrons. The number of carbonyl (C=O) groups is 1. The van der Waals surface area contributed by atoms with Crippen LogP contribution in [0.5, 0.6) is 0 Å². The lowest BCUT2D eigenvalue weighted by molar-refractivity contribution is -0.304. The molecule has 140 valence electrons. The average molecular weight is 352 g/mol. The van der Waals surface area contributed by atoms with Crippen LogP contribution in [0.3, 0.4) is 0 Å². The van der Waals surface area contributed by atoms with Gasteiger partial charge in [-0.05, 0) is 6.92 Å². The third-order valence-electron chi connectivity index (χ3n) is 4.14. The summed E-state index contributed by atoms with van der Waals surface area (Å²) in [4.78, 5) is 10.9. The Morgan fingerprint density at radius 3 is 2.33 bits per heavy atom. The number of hydrogen-bond donors (Lipinski definition) is 5. The molecule has 0 spiro atoms. The molecular formula is C14H24O10. The monoisotopic (exact) mass is 352 g/mol. The first kappa shape index (κ1) is 19.5. The summed E-state index contributed by atoms with van der Waals surface area (Å²) in [5.74, 6) is -0.607. The standard InChI is InChI=1S/C14H24O10/c1-5-9(16)12(19)13(20)14(23-5)22-3-7-10(17)11(18)8(4-21-7)24-6(2)15/h5,7-14,16-20H,3-4H2,1-2H3/t5-,7-,8+,9-,10-,11-,12+,13+,14-/m1/s1. The highest BCUT2D eigenvalue weighted by molar-refractivity contribution is 5.66. The van der Waals surface area contributed by atoms with Gasteiger partial charge in [0.2, 0.25) is 0 Å². The van der Waals surface area contributed by atoms with E-state index in [-0.39, 0.29) is 13.2 Å². The summed E-state index contributed by atoms with van der Waals surface area (Å²) in [6.07, 6.45) is -10.8. The predicted molar refractivity (Wildman–Crippen MR) is 75.6 cm³/mol. The van der Waals surface area contributed by atoms with Crippen LogP contribution in [0.15, 0.2) is 0 Å². The largest absolute Gasteiger partial charge is 0.457 e. The summed E-state index contributed by atoms with van der Waals surface area (Å²) in [6.45, 7) is 2.31. The molecule has 24 heavy (non-hydrogen) atoms.